The zero-order valence-corrected chi connectivity index (χ0v) is 34.6. The molecule has 7 rings (SSSR count). The highest BCUT2D eigenvalue weighted by molar-refractivity contribution is 6.32. The molecule has 1 N–H and O–H groups in total. The Labute approximate surface area is 347 Å². The number of hydrogen-bond acceptors (Lipinski definition) is 9. The number of carboxylic acid groups (broad SMARTS) is 1. The Hall–Kier alpha value is -4.66. The molecule has 4 aromatic rings. The smallest absolute Gasteiger partial charge is 0.320 e. The molecule has 3 saturated heterocycles. The number of likely N-dealkylation sites (tertiary alicyclic amines) is 2. The van der Waals surface area contributed by atoms with Gasteiger partial charge in [-0.3, -0.25) is 14.7 Å². The van der Waals surface area contributed by atoms with E-state index < -0.39 is 12.0 Å². The molecule has 11 heteroatoms. The number of piperidine rings is 2. The maximum atomic E-state index is 12.1. The van der Waals surface area contributed by atoms with Gasteiger partial charge in [-0.1, -0.05) is 48.4 Å². The van der Waals surface area contributed by atoms with E-state index in [9.17, 15) is 15.2 Å². The van der Waals surface area contributed by atoms with Gasteiger partial charge >= 0.3 is 5.97 Å². The van der Waals surface area contributed by atoms with Gasteiger partial charge in [0.1, 0.15) is 42.6 Å². The Kier molecular flexibility index (Phi) is 13.9. The summed E-state index contributed by atoms with van der Waals surface area (Å²) in [6.07, 6.45) is 11.5. The summed E-state index contributed by atoms with van der Waals surface area (Å²) in [4.78, 5) is 20.9. The number of hydrogen-bond donors (Lipinski definition) is 1. The van der Waals surface area contributed by atoms with Gasteiger partial charge in [0.05, 0.1) is 17.2 Å². The SMILES string of the molecule is Cc1c(COc2cc(OCc3cncc(C#N)c3)c(CN3CCCC[C@H]3C(=O)O)cc2Cl)cccc1-c1cccc(OCCCN2CCCC3(CCOCC3)C2)c1C. The topological polar surface area (TPSA) is 117 Å². The lowest BCUT2D eigenvalue weighted by molar-refractivity contribution is -0.144. The van der Waals surface area contributed by atoms with Crippen molar-refractivity contribution in [3.63, 3.8) is 0 Å². The van der Waals surface area contributed by atoms with Gasteiger partial charge in [0.2, 0.25) is 0 Å². The van der Waals surface area contributed by atoms with Crippen LogP contribution in [0.3, 0.4) is 0 Å². The molecule has 3 aromatic carbocycles. The van der Waals surface area contributed by atoms with E-state index >= 15 is 0 Å². The Morgan fingerprint density at radius 1 is 0.914 bits per heavy atom. The van der Waals surface area contributed by atoms with Crippen molar-refractivity contribution in [1.29, 1.82) is 5.26 Å². The second-order valence-corrected chi connectivity index (χ2v) is 16.6. The van der Waals surface area contributed by atoms with Crippen LogP contribution >= 0.6 is 11.6 Å². The largest absolute Gasteiger partial charge is 0.493 e. The summed E-state index contributed by atoms with van der Waals surface area (Å²) in [5, 5.41) is 19.7. The van der Waals surface area contributed by atoms with E-state index in [-0.39, 0.29) is 13.2 Å². The number of carboxylic acids is 1. The number of halogens is 1. The Balaban J connectivity index is 1.03. The van der Waals surface area contributed by atoms with Gasteiger partial charge in [0, 0.05) is 62.4 Å². The molecular weight excluding hydrogens is 752 g/mol. The van der Waals surface area contributed by atoms with Gasteiger partial charge in [0.25, 0.3) is 0 Å². The third-order valence-corrected chi connectivity index (χ3v) is 12.6. The number of ether oxygens (including phenoxy) is 4. The normalized spacial score (nSPS) is 18.4. The quantitative estimate of drug-likeness (QED) is 0.117. The third kappa shape index (κ3) is 10.1. The van der Waals surface area contributed by atoms with Crippen LogP contribution in [0.25, 0.3) is 11.1 Å². The summed E-state index contributed by atoms with van der Waals surface area (Å²) in [6.45, 7) is 11.6. The first kappa shape index (κ1) is 41.5. The number of aliphatic carboxylic acids is 1. The van der Waals surface area contributed by atoms with Crippen LogP contribution in [-0.4, -0.2) is 77.9 Å². The summed E-state index contributed by atoms with van der Waals surface area (Å²) >= 11 is 6.89. The van der Waals surface area contributed by atoms with E-state index in [4.69, 9.17) is 30.5 Å². The Morgan fingerprint density at radius 2 is 1.71 bits per heavy atom. The molecule has 4 heterocycles. The van der Waals surface area contributed by atoms with Crippen molar-refractivity contribution in [3.05, 3.63) is 105 Å². The minimum atomic E-state index is -0.827. The van der Waals surface area contributed by atoms with Crippen molar-refractivity contribution in [2.75, 3.05) is 46.0 Å². The summed E-state index contributed by atoms with van der Waals surface area (Å²) in [5.74, 6) is 1.08. The van der Waals surface area contributed by atoms with Crippen LogP contribution in [0.1, 0.15) is 84.7 Å². The fraction of sp³-hybridized carbons (Fsp3) is 0.468. The molecule has 1 aromatic heterocycles. The molecular formula is C47H55ClN4O6. The monoisotopic (exact) mass is 806 g/mol. The zero-order chi connectivity index (χ0) is 40.5. The molecule has 1 atom stereocenters. The molecule has 306 valence electrons. The van der Waals surface area contributed by atoms with Gasteiger partial charge in [-0.2, -0.15) is 5.26 Å². The predicted octanol–water partition coefficient (Wildman–Crippen LogP) is 9.15. The minimum absolute atomic E-state index is 0.164. The van der Waals surface area contributed by atoms with E-state index in [0.29, 0.717) is 53.6 Å². The van der Waals surface area contributed by atoms with Gasteiger partial charge in [-0.25, -0.2) is 0 Å². The van der Waals surface area contributed by atoms with Crippen LogP contribution in [0.15, 0.2) is 67.0 Å². The highest BCUT2D eigenvalue weighted by Gasteiger charge is 2.36. The average molecular weight is 807 g/mol. The first-order chi connectivity index (χ1) is 28.2. The molecule has 3 fully saturated rings. The highest BCUT2D eigenvalue weighted by Crippen LogP contribution is 2.40. The molecule has 0 amide bonds. The molecule has 0 aliphatic carbocycles. The molecule has 58 heavy (non-hydrogen) atoms. The number of benzene rings is 3. The standard InChI is InChI=1S/C47H55ClN4O6/c1-33-37(9-5-10-39(33)40-11-6-13-43(34(40)2)56-20-8-18-51-17-7-14-47(32-51)15-21-55-22-16-47)31-58-45-25-44(57-30-36-23-35(26-49)27-50-28-36)38(24-41(45)48)29-52-19-4-3-12-42(52)46(53)54/h5-6,9-11,13,23-25,27-28,42H,3-4,7-8,12,14-22,29-32H2,1-2H3,(H,53,54)/t42-/m0/s1. The Bertz CT molecular complexity index is 2090. The molecule has 0 bridgehead atoms. The van der Waals surface area contributed by atoms with Crippen molar-refractivity contribution in [2.45, 2.75) is 91.0 Å². The molecule has 0 radical (unpaired) electrons. The van der Waals surface area contributed by atoms with Gasteiger partial charge in [0.15, 0.2) is 0 Å². The molecule has 0 unspecified atom stereocenters. The zero-order valence-electron chi connectivity index (χ0n) is 33.8. The maximum Gasteiger partial charge on any atom is 0.320 e. The van der Waals surface area contributed by atoms with Crippen molar-refractivity contribution in [1.82, 2.24) is 14.8 Å². The number of rotatable bonds is 15. The van der Waals surface area contributed by atoms with E-state index in [1.54, 1.807) is 18.3 Å². The molecule has 0 saturated carbocycles. The van der Waals surface area contributed by atoms with Crippen LogP contribution < -0.4 is 14.2 Å². The molecule has 3 aliphatic heterocycles. The first-order valence-electron chi connectivity index (χ1n) is 20.7. The van der Waals surface area contributed by atoms with Crippen molar-refractivity contribution in [3.8, 4) is 34.4 Å². The number of nitrogens with zero attached hydrogens (tertiary/aromatic N) is 4. The van der Waals surface area contributed by atoms with Crippen molar-refractivity contribution >= 4 is 17.6 Å². The van der Waals surface area contributed by atoms with Crippen LogP contribution in [-0.2, 0) is 29.3 Å². The first-order valence-corrected chi connectivity index (χ1v) is 21.1. The van der Waals surface area contributed by atoms with Gasteiger partial charge in [-0.05, 0) is 123 Å². The fourth-order valence-electron chi connectivity index (χ4n) is 8.95. The van der Waals surface area contributed by atoms with E-state index in [0.717, 1.165) is 83.7 Å². The van der Waals surface area contributed by atoms with E-state index in [1.165, 1.54) is 45.0 Å². The number of carbonyl (C=O) groups is 1. The molecule has 1 spiro atoms. The summed E-state index contributed by atoms with van der Waals surface area (Å²) < 4.78 is 24.8. The van der Waals surface area contributed by atoms with Crippen LogP contribution in [0.2, 0.25) is 5.02 Å². The third-order valence-electron chi connectivity index (χ3n) is 12.3. The lowest BCUT2D eigenvalue weighted by Crippen LogP contribution is -2.46. The van der Waals surface area contributed by atoms with Crippen LogP contribution in [0, 0.1) is 30.6 Å². The maximum absolute atomic E-state index is 12.1. The number of aromatic nitrogens is 1. The van der Waals surface area contributed by atoms with Gasteiger partial charge in [-0.15, -0.1) is 0 Å². The minimum Gasteiger partial charge on any atom is -0.493 e. The van der Waals surface area contributed by atoms with Crippen LogP contribution in [0.4, 0.5) is 0 Å². The highest BCUT2D eigenvalue weighted by atomic mass is 35.5. The second-order valence-electron chi connectivity index (χ2n) is 16.2. The lowest BCUT2D eigenvalue weighted by Gasteiger charge is -2.45. The molecule has 10 nitrogen and oxygen atoms in total. The summed E-state index contributed by atoms with van der Waals surface area (Å²) in [7, 11) is 0. The van der Waals surface area contributed by atoms with Gasteiger partial charge < -0.3 is 29.0 Å². The number of pyridine rings is 1. The van der Waals surface area contributed by atoms with E-state index in [2.05, 4.69) is 66.2 Å². The number of nitriles is 1. The van der Waals surface area contributed by atoms with E-state index in [1.807, 2.05) is 11.0 Å². The summed E-state index contributed by atoms with van der Waals surface area (Å²) in [6, 6.07) is 19.4. The van der Waals surface area contributed by atoms with Crippen molar-refractivity contribution in [2.24, 2.45) is 5.41 Å². The molecule has 3 aliphatic rings. The van der Waals surface area contributed by atoms with Crippen LogP contribution in [0.5, 0.6) is 17.2 Å². The second kappa shape index (κ2) is 19.4. The van der Waals surface area contributed by atoms with Crippen molar-refractivity contribution < 1.29 is 28.8 Å². The lowest BCUT2D eigenvalue weighted by atomic mass is 9.74. The fourth-order valence-corrected chi connectivity index (χ4v) is 9.19. The predicted molar refractivity (Wildman–Crippen MR) is 224 cm³/mol. The summed E-state index contributed by atoms with van der Waals surface area (Å²) in [5.41, 5.74) is 7.87. The average Bonchev–Trinajstić information content (AvgIpc) is 3.23. The Morgan fingerprint density at radius 3 is 2.52 bits per heavy atom.